The summed E-state index contributed by atoms with van der Waals surface area (Å²) in [5.74, 6) is -1.39. The van der Waals surface area contributed by atoms with Crippen molar-refractivity contribution < 1.29 is 14.7 Å². The Morgan fingerprint density at radius 1 is 0.694 bits per heavy atom. The second kappa shape index (κ2) is 11.8. The topological polar surface area (TPSA) is 66.4 Å². The van der Waals surface area contributed by atoms with Crippen molar-refractivity contribution in [3.05, 3.63) is 150 Å². The highest BCUT2D eigenvalue weighted by atomic mass is 16.4. The molecule has 4 aromatic carbocycles. The molecule has 4 aromatic rings. The van der Waals surface area contributed by atoms with E-state index in [9.17, 15) is 14.7 Å². The highest BCUT2D eigenvalue weighted by molar-refractivity contribution is 5.85. The maximum Gasteiger partial charge on any atom is 0.326 e. The van der Waals surface area contributed by atoms with E-state index in [-0.39, 0.29) is 18.7 Å². The first kappa shape index (κ1) is 24.7. The Bertz CT molecular complexity index is 1190. The van der Waals surface area contributed by atoms with Crippen LogP contribution < -0.4 is 5.32 Å². The maximum atomic E-state index is 13.5. The lowest BCUT2D eigenvalue weighted by atomic mass is 9.67. The van der Waals surface area contributed by atoms with E-state index in [1.54, 1.807) is 6.08 Å². The normalized spacial score (nSPS) is 12.2. The lowest BCUT2D eigenvalue weighted by Crippen LogP contribution is -2.44. The molecular formula is C32H29NO3. The van der Waals surface area contributed by atoms with Crippen molar-refractivity contribution in [2.75, 3.05) is 0 Å². The van der Waals surface area contributed by atoms with Crippen LogP contribution in [0.5, 0.6) is 0 Å². The van der Waals surface area contributed by atoms with Crippen molar-refractivity contribution >= 4 is 18.0 Å². The number of amides is 1. The molecule has 0 radical (unpaired) electrons. The van der Waals surface area contributed by atoms with E-state index in [0.717, 1.165) is 22.3 Å². The fourth-order valence-corrected chi connectivity index (χ4v) is 4.59. The van der Waals surface area contributed by atoms with Crippen LogP contribution in [-0.2, 0) is 15.0 Å². The van der Waals surface area contributed by atoms with Gasteiger partial charge in [-0.15, -0.1) is 0 Å². The van der Waals surface area contributed by atoms with E-state index in [4.69, 9.17) is 0 Å². The lowest BCUT2D eigenvalue weighted by Gasteiger charge is -2.36. The van der Waals surface area contributed by atoms with Gasteiger partial charge in [0.1, 0.15) is 6.04 Å². The number of carboxylic acids is 1. The van der Waals surface area contributed by atoms with Crippen LogP contribution in [0.4, 0.5) is 0 Å². The van der Waals surface area contributed by atoms with Crippen LogP contribution in [0.25, 0.3) is 6.08 Å². The summed E-state index contributed by atoms with van der Waals surface area (Å²) in [5.41, 5.74) is 3.09. The Morgan fingerprint density at radius 3 is 1.53 bits per heavy atom. The second-order valence-corrected chi connectivity index (χ2v) is 8.69. The fraction of sp³-hybridized carbons (Fsp3) is 0.125. The zero-order valence-electron chi connectivity index (χ0n) is 20.0. The molecule has 2 N–H and O–H groups in total. The van der Waals surface area contributed by atoms with Crippen LogP contribution >= 0.6 is 0 Å². The Labute approximate surface area is 211 Å². The summed E-state index contributed by atoms with van der Waals surface area (Å²) >= 11 is 0. The Balaban J connectivity index is 1.66. The van der Waals surface area contributed by atoms with Gasteiger partial charge >= 0.3 is 5.97 Å². The number of carbonyl (C=O) groups excluding carboxylic acids is 1. The standard InChI is InChI=1S/C32H29NO3/c34-30(33-29(31(35)36)23-13-16-25-14-5-1-6-15-25)24-32(26-17-7-2-8-18-26,27-19-9-3-10-20-27)28-21-11-4-12-22-28/h1-22,29H,23-24H2,(H,33,34)(H,35,36)/b16-13+/t29-/m1/s1. The molecule has 0 heterocycles. The molecule has 4 heteroatoms. The van der Waals surface area contributed by atoms with Gasteiger partial charge in [0, 0.05) is 6.42 Å². The Hall–Kier alpha value is -4.44. The van der Waals surface area contributed by atoms with Crippen LogP contribution in [-0.4, -0.2) is 23.0 Å². The van der Waals surface area contributed by atoms with Gasteiger partial charge in [-0.05, 0) is 28.7 Å². The monoisotopic (exact) mass is 475 g/mol. The van der Waals surface area contributed by atoms with Crippen LogP contribution in [0, 0.1) is 0 Å². The summed E-state index contributed by atoms with van der Waals surface area (Å²) in [6, 6.07) is 38.3. The largest absolute Gasteiger partial charge is 0.480 e. The van der Waals surface area contributed by atoms with Crippen molar-refractivity contribution in [2.24, 2.45) is 0 Å². The van der Waals surface area contributed by atoms with Crippen molar-refractivity contribution in [1.29, 1.82) is 0 Å². The van der Waals surface area contributed by atoms with Gasteiger partial charge in [-0.1, -0.05) is 133 Å². The quantitative estimate of drug-likeness (QED) is 0.273. The molecule has 0 aliphatic rings. The summed E-state index contributed by atoms with van der Waals surface area (Å²) in [4.78, 5) is 25.5. The van der Waals surface area contributed by atoms with Gasteiger partial charge < -0.3 is 10.4 Å². The molecule has 0 saturated heterocycles. The van der Waals surface area contributed by atoms with Gasteiger partial charge in [-0.25, -0.2) is 4.79 Å². The number of benzene rings is 4. The molecule has 0 saturated carbocycles. The summed E-state index contributed by atoms with van der Waals surface area (Å²) < 4.78 is 0. The number of hydrogen-bond donors (Lipinski definition) is 2. The minimum Gasteiger partial charge on any atom is -0.480 e. The van der Waals surface area contributed by atoms with Crippen molar-refractivity contribution in [2.45, 2.75) is 24.3 Å². The average molecular weight is 476 g/mol. The van der Waals surface area contributed by atoms with Gasteiger partial charge in [0.15, 0.2) is 0 Å². The third-order valence-electron chi connectivity index (χ3n) is 6.34. The number of carbonyl (C=O) groups is 2. The number of nitrogens with one attached hydrogen (secondary N) is 1. The number of rotatable bonds is 10. The minimum atomic E-state index is -1.06. The van der Waals surface area contributed by atoms with E-state index in [1.807, 2.05) is 127 Å². The fourth-order valence-electron chi connectivity index (χ4n) is 4.59. The predicted octanol–water partition coefficient (Wildman–Crippen LogP) is 6.08. The molecule has 36 heavy (non-hydrogen) atoms. The third kappa shape index (κ3) is 5.78. The van der Waals surface area contributed by atoms with E-state index in [2.05, 4.69) is 5.32 Å². The molecule has 0 unspecified atom stereocenters. The van der Waals surface area contributed by atoms with Gasteiger partial charge in [-0.2, -0.15) is 0 Å². The third-order valence-corrected chi connectivity index (χ3v) is 6.34. The van der Waals surface area contributed by atoms with Crippen molar-refractivity contribution in [3.8, 4) is 0 Å². The van der Waals surface area contributed by atoms with Crippen LogP contribution in [0.2, 0.25) is 0 Å². The van der Waals surface area contributed by atoms with E-state index in [1.165, 1.54) is 0 Å². The first-order chi connectivity index (χ1) is 17.6. The predicted molar refractivity (Wildman–Crippen MR) is 143 cm³/mol. The van der Waals surface area contributed by atoms with E-state index in [0.29, 0.717) is 0 Å². The molecule has 0 aliphatic heterocycles. The molecule has 0 aliphatic carbocycles. The summed E-state index contributed by atoms with van der Waals surface area (Å²) in [5, 5.41) is 12.6. The number of aliphatic carboxylic acids is 1. The molecule has 4 nitrogen and oxygen atoms in total. The molecule has 180 valence electrons. The van der Waals surface area contributed by atoms with Gasteiger partial charge in [0.25, 0.3) is 0 Å². The summed E-state index contributed by atoms with van der Waals surface area (Å²) in [6.45, 7) is 0. The lowest BCUT2D eigenvalue weighted by molar-refractivity contribution is -0.141. The van der Waals surface area contributed by atoms with E-state index >= 15 is 0 Å². The molecule has 0 fully saturated rings. The van der Waals surface area contributed by atoms with E-state index < -0.39 is 17.4 Å². The Morgan fingerprint density at radius 2 is 1.11 bits per heavy atom. The smallest absolute Gasteiger partial charge is 0.326 e. The maximum absolute atomic E-state index is 13.5. The highest BCUT2D eigenvalue weighted by Crippen LogP contribution is 2.42. The SMILES string of the molecule is O=C(CC(c1ccccc1)(c1ccccc1)c1ccccc1)N[C@H](C/C=C/c1ccccc1)C(=O)O. The molecule has 0 bridgehead atoms. The zero-order chi connectivity index (χ0) is 25.2. The van der Waals surface area contributed by atoms with Gasteiger partial charge in [0.2, 0.25) is 5.91 Å². The zero-order valence-corrected chi connectivity index (χ0v) is 20.0. The van der Waals surface area contributed by atoms with Crippen LogP contribution in [0.3, 0.4) is 0 Å². The molecule has 1 atom stereocenters. The van der Waals surface area contributed by atoms with Gasteiger partial charge in [0.05, 0.1) is 5.41 Å². The van der Waals surface area contributed by atoms with Crippen molar-refractivity contribution in [3.63, 3.8) is 0 Å². The molecule has 0 aromatic heterocycles. The molecule has 1 amide bonds. The second-order valence-electron chi connectivity index (χ2n) is 8.69. The molecule has 4 rings (SSSR count). The minimum absolute atomic E-state index is 0.0667. The number of hydrogen-bond acceptors (Lipinski definition) is 2. The number of carboxylic acid groups (broad SMARTS) is 1. The summed E-state index contributed by atoms with van der Waals surface area (Å²) in [7, 11) is 0. The van der Waals surface area contributed by atoms with Crippen LogP contribution in [0.15, 0.2) is 127 Å². The first-order valence-corrected chi connectivity index (χ1v) is 12.0. The highest BCUT2D eigenvalue weighted by Gasteiger charge is 2.39. The van der Waals surface area contributed by atoms with Gasteiger partial charge in [-0.3, -0.25) is 4.79 Å². The molecule has 0 spiro atoms. The average Bonchev–Trinajstić information content (AvgIpc) is 2.93. The first-order valence-electron chi connectivity index (χ1n) is 12.0. The molecular weight excluding hydrogens is 446 g/mol. The summed E-state index contributed by atoms with van der Waals surface area (Å²) in [6.07, 6.45) is 3.90. The Kier molecular flexibility index (Phi) is 8.09. The van der Waals surface area contributed by atoms with Crippen LogP contribution in [0.1, 0.15) is 35.1 Å². The van der Waals surface area contributed by atoms with Crippen molar-refractivity contribution in [1.82, 2.24) is 5.32 Å².